The molecule has 0 rings (SSSR count). The van der Waals surface area contributed by atoms with Crippen molar-refractivity contribution in [3.63, 3.8) is 0 Å². The first-order valence-corrected chi connectivity index (χ1v) is 5.06. The van der Waals surface area contributed by atoms with Gasteiger partial charge in [0.1, 0.15) is 0 Å². The van der Waals surface area contributed by atoms with E-state index >= 15 is 0 Å². The lowest BCUT2D eigenvalue weighted by Crippen LogP contribution is -2.48. The van der Waals surface area contributed by atoms with Crippen molar-refractivity contribution in [1.82, 2.24) is 0 Å². The molecule has 0 spiro atoms. The normalized spacial score (nSPS) is 14.5. The van der Waals surface area contributed by atoms with Gasteiger partial charge in [0, 0.05) is 13.5 Å². The van der Waals surface area contributed by atoms with Crippen LogP contribution in [0.2, 0.25) is 0 Å². The molecule has 3 heteroatoms. The van der Waals surface area contributed by atoms with Crippen LogP contribution in [0.4, 0.5) is 0 Å². The number of quaternary nitrogens is 1. The summed E-state index contributed by atoms with van der Waals surface area (Å²) in [5, 5.41) is 0. The highest BCUT2D eigenvalue weighted by molar-refractivity contribution is 4.35. The van der Waals surface area contributed by atoms with Crippen LogP contribution in [0, 0.1) is 0 Å². The van der Waals surface area contributed by atoms with Gasteiger partial charge in [0.25, 0.3) is 0 Å². The van der Waals surface area contributed by atoms with Gasteiger partial charge in [0.2, 0.25) is 0 Å². The molecule has 0 saturated heterocycles. The van der Waals surface area contributed by atoms with Crippen molar-refractivity contribution in [3.05, 3.63) is 0 Å². The molecule has 0 radical (unpaired) electrons. The molecule has 80 valence electrons. The summed E-state index contributed by atoms with van der Waals surface area (Å²) in [4.78, 5) is 0. The second-order valence-electron chi connectivity index (χ2n) is 3.76. The molecular formula is C10H24NO2+. The van der Waals surface area contributed by atoms with Gasteiger partial charge in [0.15, 0.2) is 6.23 Å². The molecule has 1 atom stereocenters. The molecule has 0 heterocycles. The van der Waals surface area contributed by atoms with E-state index in [1.165, 1.54) is 0 Å². The molecule has 13 heavy (non-hydrogen) atoms. The summed E-state index contributed by atoms with van der Waals surface area (Å²) >= 11 is 0. The summed E-state index contributed by atoms with van der Waals surface area (Å²) in [6.45, 7) is 9.51. The van der Waals surface area contributed by atoms with E-state index in [2.05, 4.69) is 27.9 Å². The average Bonchev–Trinajstić information content (AvgIpc) is 2.12. The van der Waals surface area contributed by atoms with Crippen LogP contribution in [0.25, 0.3) is 0 Å². The van der Waals surface area contributed by atoms with Crippen molar-refractivity contribution in [2.75, 3.05) is 40.5 Å². The van der Waals surface area contributed by atoms with Crippen LogP contribution in [0.1, 0.15) is 20.8 Å². The number of ether oxygens (including phenoxy) is 2. The van der Waals surface area contributed by atoms with Crippen LogP contribution in [-0.4, -0.2) is 51.2 Å². The third-order valence-electron chi connectivity index (χ3n) is 2.59. The Morgan fingerprint density at radius 1 is 1.15 bits per heavy atom. The Morgan fingerprint density at radius 2 is 1.77 bits per heavy atom. The molecule has 0 bridgehead atoms. The SMILES string of the molecule is CCOCCOC(C)[N+](C)(C)CC. The van der Waals surface area contributed by atoms with Crippen LogP contribution < -0.4 is 0 Å². The third-order valence-corrected chi connectivity index (χ3v) is 2.59. The minimum absolute atomic E-state index is 0.241. The minimum Gasteiger partial charge on any atom is -0.379 e. The highest BCUT2D eigenvalue weighted by Gasteiger charge is 2.21. The van der Waals surface area contributed by atoms with E-state index in [9.17, 15) is 0 Å². The number of hydrogen-bond donors (Lipinski definition) is 0. The molecule has 0 saturated carbocycles. The van der Waals surface area contributed by atoms with Crippen molar-refractivity contribution in [1.29, 1.82) is 0 Å². The number of nitrogens with zero attached hydrogens (tertiary/aromatic N) is 1. The Balaban J connectivity index is 3.55. The first-order valence-electron chi connectivity index (χ1n) is 5.06. The Morgan fingerprint density at radius 3 is 2.23 bits per heavy atom. The van der Waals surface area contributed by atoms with Crippen LogP contribution in [-0.2, 0) is 9.47 Å². The molecule has 0 N–H and O–H groups in total. The standard InChI is InChI=1S/C10H24NO2/c1-6-11(4,5)10(3)13-9-8-12-7-2/h10H,6-9H2,1-5H3/q+1. The van der Waals surface area contributed by atoms with Crippen LogP contribution in [0.15, 0.2) is 0 Å². The molecule has 0 aromatic carbocycles. The largest absolute Gasteiger partial charge is 0.379 e. The number of hydrogen-bond acceptors (Lipinski definition) is 2. The summed E-state index contributed by atoms with van der Waals surface area (Å²) in [7, 11) is 4.34. The van der Waals surface area contributed by atoms with Crippen molar-refractivity contribution >= 4 is 0 Å². The van der Waals surface area contributed by atoms with Gasteiger partial charge in [-0.3, -0.25) is 0 Å². The monoisotopic (exact) mass is 190 g/mol. The Hall–Kier alpha value is -0.120. The first kappa shape index (κ1) is 12.9. The van der Waals surface area contributed by atoms with Gasteiger partial charge in [-0.05, 0) is 13.8 Å². The van der Waals surface area contributed by atoms with Gasteiger partial charge >= 0.3 is 0 Å². The zero-order valence-corrected chi connectivity index (χ0v) is 9.67. The fraction of sp³-hybridized carbons (Fsp3) is 1.00. The molecule has 0 amide bonds. The van der Waals surface area contributed by atoms with Gasteiger partial charge < -0.3 is 14.0 Å². The third kappa shape index (κ3) is 5.24. The lowest BCUT2D eigenvalue weighted by molar-refractivity contribution is -0.933. The predicted octanol–water partition coefficient (Wildman–Crippen LogP) is 1.48. The zero-order valence-electron chi connectivity index (χ0n) is 9.67. The summed E-state index contributed by atoms with van der Waals surface area (Å²) in [6.07, 6.45) is 0.241. The zero-order chi connectivity index (χ0) is 10.3. The number of rotatable bonds is 7. The van der Waals surface area contributed by atoms with E-state index < -0.39 is 0 Å². The van der Waals surface area contributed by atoms with E-state index in [-0.39, 0.29) is 6.23 Å². The molecule has 0 aliphatic heterocycles. The van der Waals surface area contributed by atoms with Gasteiger partial charge in [-0.1, -0.05) is 0 Å². The topological polar surface area (TPSA) is 18.5 Å². The molecule has 0 aromatic heterocycles. The van der Waals surface area contributed by atoms with E-state index in [1.54, 1.807) is 0 Å². The summed E-state index contributed by atoms with van der Waals surface area (Å²) in [6, 6.07) is 0. The minimum atomic E-state index is 0.241. The molecule has 3 nitrogen and oxygen atoms in total. The van der Waals surface area contributed by atoms with Crippen molar-refractivity contribution < 1.29 is 14.0 Å². The summed E-state index contributed by atoms with van der Waals surface area (Å²) < 4.78 is 11.7. The van der Waals surface area contributed by atoms with Gasteiger partial charge in [-0.25, -0.2) is 0 Å². The first-order chi connectivity index (χ1) is 6.04. The highest BCUT2D eigenvalue weighted by Crippen LogP contribution is 2.06. The van der Waals surface area contributed by atoms with E-state index in [1.807, 2.05) is 6.92 Å². The van der Waals surface area contributed by atoms with Gasteiger partial charge in [0.05, 0.1) is 33.9 Å². The molecule has 0 aliphatic rings. The molecule has 0 fully saturated rings. The molecular weight excluding hydrogens is 166 g/mol. The highest BCUT2D eigenvalue weighted by atomic mass is 16.5. The van der Waals surface area contributed by atoms with Gasteiger partial charge in [-0.15, -0.1) is 0 Å². The second kappa shape index (κ2) is 6.35. The van der Waals surface area contributed by atoms with E-state index in [0.29, 0.717) is 13.2 Å². The maximum atomic E-state index is 5.65. The Kier molecular flexibility index (Phi) is 6.29. The van der Waals surface area contributed by atoms with Crippen molar-refractivity contribution in [2.45, 2.75) is 27.0 Å². The van der Waals surface area contributed by atoms with E-state index in [0.717, 1.165) is 17.6 Å². The lowest BCUT2D eigenvalue weighted by atomic mass is 10.4. The van der Waals surface area contributed by atoms with Gasteiger partial charge in [-0.2, -0.15) is 0 Å². The van der Waals surface area contributed by atoms with Crippen LogP contribution in [0.5, 0.6) is 0 Å². The Labute approximate surface area is 82.2 Å². The predicted molar refractivity (Wildman–Crippen MR) is 54.6 cm³/mol. The Bertz CT molecular complexity index is 126. The lowest BCUT2D eigenvalue weighted by Gasteiger charge is -2.34. The maximum absolute atomic E-state index is 5.65. The smallest absolute Gasteiger partial charge is 0.190 e. The van der Waals surface area contributed by atoms with Crippen molar-refractivity contribution in [3.8, 4) is 0 Å². The van der Waals surface area contributed by atoms with Crippen LogP contribution in [0.3, 0.4) is 0 Å². The second-order valence-corrected chi connectivity index (χ2v) is 3.76. The quantitative estimate of drug-likeness (QED) is 0.344. The van der Waals surface area contributed by atoms with Crippen LogP contribution >= 0.6 is 0 Å². The maximum Gasteiger partial charge on any atom is 0.190 e. The fourth-order valence-corrected chi connectivity index (χ4v) is 0.881. The summed E-state index contributed by atoms with van der Waals surface area (Å²) in [5.41, 5.74) is 0. The average molecular weight is 190 g/mol. The van der Waals surface area contributed by atoms with Crippen molar-refractivity contribution in [2.24, 2.45) is 0 Å². The van der Waals surface area contributed by atoms with E-state index in [4.69, 9.17) is 9.47 Å². The molecule has 1 unspecified atom stereocenters. The molecule has 0 aliphatic carbocycles. The fourth-order valence-electron chi connectivity index (χ4n) is 0.881. The molecule has 0 aromatic rings. The summed E-state index contributed by atoms with van der Waals surface area (Å²) in [5.74, 6) is 0.